The average molecular weight is 382 g/mol. The molecule has 27 heavy (non-hydrogen) atoms. The molecule has 0 saturated carbocycles. The number of likely N-dealkylation sites (tertiary alicyclic amines) is 1. The summed E-state index contributed by atoms with van der Waals surface area (Å²) < 4.78 is 10.4. The van der Waals surface area contributed by atoms with Crippen LogP contribution in [0.3, 0.4) is 0 Å². The third-order valence-electron chi connectivity index (χ3n) is 4.72. The third-order valence-corrected chi connectivity index (χ3v) is 4.72. The van der Waals surface area contributed by atoms with Gasteiger partial charge in [0.15, 0.2) is 0 Å². The van der Waals surface area contributed by atoms with E-state index in [2.05, 4.69) is 15.5 Å². The van der Waals surface area contributed by atoms with Crippen LogP contribution in [0, 0.1) is 0 Å². The molecule has 1 saturated heterocycles. The maximum atomic E-state index is 12.8. The Morgan fingerprint density at radius 2 is 2.07 bits per heavy atom. The van der Waals surface area contributed by atoms with Crippen molar-refractivity contribution in [1.82, 2.24) is 20.4 Å². The summed E-state index contributed by atoms with van der Waals surface area (Å²) in [5, 5.41) is 16.1. The van der Waals surface area contributed by atoms with Crippen LogP contribution in [0.1, 0.15) is 57.0 Å². The highest BCUT2D eigenvalue weighted by Crippen LogP contribution is 2.24. The quantitative estimate of drug-likeness (QED) is 0.594. The van der Waals surface area contributed by atoms with Gasteiger partial charge in [0.25, 0.3) is 0 Å². The van der Waals surface area contributed by atoms with Gasteiger partial charge in [-0.25, -0.2) is 0 Å². The van der Waals surface area contributed by atoms with E-state index in [-0.39, 0.29) is 30.7 Å². The number of aliphatic hydroxyl groups is 1. The van der Waals surface area contributed by atoms with Crippen LogP contribution in [-0.4, -0.2) is 76.8 Å². The lowest BCUT2D eigenvalue weighted by molar-refractivity contribution is -0.130. The van der Waals surface area contributed by atoms with E-state index in [0.29, 0.717) is 25.5 Å². The molecule has 0 spiro atoms. The number of carbonyl (C=O) groups excluding carboxylic acids is 2. The fraction of sp³-hybridized carbons (Fsp3) is 0.778. The van der Waals surface area contributed by atoms with E-state index in [9.17, 15) is 14.7 Å². The predicted octanol–water partition coefficient (Wildman–Crippen LogP) is 0.528. The van der Waals surface area contributed by atoms with Gasteiger partial charge in [0, 0.05) is 19.2 Å². The van der Waals surface area contributed by atoms with E-state index in [1.807, 2.05) is 13.8 Å². The smallest absolute Gasteiger partial charge is 0.240 e. The highest BCUT2D eigenvalue weighted by atomic mass is 16.5. The van der Waals surface area contributed by atoms with Gasteiger partial charge in [-0.15, -0.1) is 0 Å². The van der Waals surface area contributed by atoms with E-state index < -0.39 is 17.0 Å². The molecule has 2 rings (SSSR count). The Kier molecular flexibility index (Phi) is 6.72. The zero-order valence-electron chi connectivity index (χ0n) is 16.7. The second kappa shape index (κ2) is 8.45. The van der Waals surface area contributed by atoms with E-state index in [0.717, 1.165) is 6.42 Å². The van der Waals surface area contributed by atoms with Gasteiger partial charge >= 0.3 is 0 Å². The number of rotatable bonds is 9. The van der Waals surface area contributed by atoms with Crippen molar-refractivity contribution in [3.05, 3.63) is 11.7 Å². The monoisotopic (exact) mass is 382 g/mol. The van der Waals surface area contributed by atoms with Crippen molar-refractivity contribution in [3.8, 4) is 0 Å². The molecule has 1 fully saturated rings. The molecule has 2 N–H and O–H groups in total. The zero-order chi connectivity index (χ0) is 20.2. The number of carbonyl (C=O) groups is 2. The number of nitrogens with zero attached hydrogens (tertiary/aromatic N) is 3. The molecule has 2 heterocycles. The van der Waals surface area contributed by atoms with Crippen LogP contribution < -0.4 is 5.32 Å². The van der Waals surface area contributed by atoms with Crippen molar-refractivity contribution in [1.29, 1.82) is 0 Å². The van der Waals surface area contributed by atoms with Crippen LogP contribution in [0.4, 0.5) is 0 Å². The number of aromatic nitrogens is 2. The number of amides is 1. The molecular weight excluding hydrogens is 352 g/mol. The fourth-order valence-electron chi connectivity index (χ4n) is 2.98. The van der Waals surface area contributed by atoms with Gasteiger partial charge in [-0.2, -0.15) is 4.98 Å². The molecule has 1 aromatic heterocycles. The standard InChI is InChI=1S/C18H30N4O5/c1-17(2,11-26-5)16-20-15(21-27-16)14(25)12-7-6-8-22(12)13(24)9-19-18(3,4)10-23/h12,19,23H,6-11H2,1-5H3. The van der Waals surface area contributed by atoms with E-state index in [4.69, 9.17) is 9.26 Å². The van der Waals surface area contributed by atoms with Gasteiger partial charge in [0.05, 0.1) is 31.2 Å². The summed E-state index contributed by atoms with van der Waals surface area (Å²) in [6.45, 7) is 8.22. The van der Waals surface area contributed by atoms with Crippen molar-refractivity contribution >= 4 is 11.7 Å². The van der Waals surface area contributed by atoms with Crippen LogP contribution in [0.25, 0.3) is 0 Å². The molecule has 1 aliphatic rings. The Balaban J connectivity index is 2.07. The molecule has 1 unspecified atom stereocenters. The molecule has 0 aliphatic carbocycles. The first-order valence-corrected chi connectivity index (χ1v) is 9.14. The van der Waals surface area contributed by atoms with Crippen LogP contribution >= 0.6 is 0 Å². The minimum Gasteiger partial charge on any atom is -0.394 e. The van der Waals surface area contributed by atoms with Gasteiger partial charge in [-0.3, -0.25) is 9.59 Å². The van der Waals surface area contributed by atoms with Crippen LogP contribution in [0.2, 0.25) is 0 Å². The number of hydrogen-bond acceptors (Lipinski definition) is 8. The van der Waals surface area contributed by atoms with Gasteiger partial charge in [-0.1, -0.05) is 5.16 Å². The lowest BCUT2D eigenvalue weighted by atomic mass is 9.95. The minimum atomic E-state index is -0.590. The highest BCUT2D eigenvalue weighted by Gasteiger charge is 2.38. The zero-order valence-corrected chi connectivity index (χ0v) is 16.7. The number of methoxy groups -OCH3 is 1. The van der Waals surface area contributed by atoms with Gasteiger partial charge in [-0.05, 0) is 40.5 Å². The first kappa shape index (κ1) is 21.5. The summed E-state index contributed by atoms with van der Waals surface area (Å²) in [5.41, 5.74) is -1.07. The Bertz CT molecular complexity index is 670. The molecule has 9 nitrogen and oxygen atoms in total. The lowest BCUT2D eigenvalue weighted by Gasteiger charge is -2.27. The summed E-state index contributed by atoms with van der Waals surface area (Å²) in [4.78, 5) is 31.2. The van der Waals surface area contributed by atoms with E-state index in [1.54, 1.807) is 25.9 Å². The maximum Gasteiger partial charge on any atom is 0.240 e. The average Bonchev–Trinajstić information content (AvgIpc) is 3.28. The third kappa shape index (κ3) is 5.12. The van der Waals surface area contributed by atoms with E-state index >= 15 is 0 Å². The fourth-order valence-corrected chi connectivity index (χ4v) is 2.98. The Hall–Kier alpha value is -1.84. The summed E-state index contributed by atoms with van der Waals surface area (Å²) in [7, 11) is 1.58. The Labute approximate surface area is 159 Å². The number of ether oxygens (including phenoxy) is 1. The SMILES string of the molecule is COCC(C)(C)c1nc(C(=O)C2CCCN2C(=O)CNC(C)(C)CO)no1. The molecule has 1 amide bonds. The Morgan fingerprint density at radius 1 is 1.37 bits per heavy atom. The molecule has 0 aromatic carbocycles. The Morgan fingerprint density at radius 3 is 2.70 bits per heavy atom. The van der Waals surface area contributed by atoms with Crippen LogP contribution in [0.15, 0.2) is 4.52 Å². The van der Waals surface area contributed by atoms with Crippen LogP contribution in [0.5, 0.6) is 0 Å². The number of ketones is 1. The van der Waals surface area contributed by atoms with E-state index in [1.165, 1.54) is 0 Å². The first-order chi connectivity index (χ1) is 12.6. The maximum absolute atomic E-state index is 12.8. The van der Waals surface area contributed by atoms with Gasteiger partial charge in [0.2, 0.25) is 23.4 Å². The van der Waals surface area contributed by atoms with Crippen LogP contribution in [-0.2, 0) is 14.9 Å². The van der Waals surface area contributed by atoms with Crippen molar-refractivity contribution in [2.45, 2.75) is 57.5 Å². The summed E-state index contributed by atoms with van der Waals surface area (Å²) in [5.74, 6) is -0.182. The number of Topliss-reactive ketones (excluding diaryl/α,β-unsaturated/α-hetero) is 1. The summed E-state index contributed by atoms with van der Waals surface area (Å²) >= 11 is 0. The highest BCUT2D eigenvalue weighted by molar-refractivity contribution is 5.99. The molecule has 9 heteroatoms. The molecule has 1 aliphatic heterocycles. The first-order valence-electron chi connectivity index (χ1n) is 9.14. The number of aliphatic hydroxyl groups excluding tert-OH is 1. The lowest BCUT2D eigenvalue weighted by Crippen LogP contribution is -2.50. The molecule has 0 radical (unpaired) electrons. The molecular formula is C18H30N4O5. The topological polar surface area (TPSA) is 118 Å². The van der Waals surface area contributed by atoms with Gasteiger partial charge in [0.1, 0.15) is 0 Å². The van der Waals surface area contributed by atoms with Crippen molar-refractivity contribution in [2.24, 2.45) is 0 Å². The molecule has 0 bridgehead atoms. The molecule has 1 atom stereocenters. The molecule has 152 valence electrons. The van der Waals surface area contributed by atoms with Crippen molar-refractivity contribution in [3.63, 3.8) is 0 Å². The van der Waals surface area contributed by atoms with Crippen molar-refractivity contribution in [2.75, 3.05) is 33.4 Å². The predicted molar refractivity (Wildman–Crippen MR) is 97.4 cm³/mol. The normalized spacial score (nSPS) is 18.1. The number of hydrogen-bond donors (Lipinski definition) is 2. The molecule has 1 aromatic rings. The summed E-state index contributed by atoms with van der Waals surface area (Å²) in [6, 6.07) is -0.590. The summed E-state index contributed by atoms with van der Waals surface area (Å²) in [6.07, 6.45) is 1.31. The second-order valence-corrected chi connectivity index (χ2v) is 8.24. The largest absolute Gasteiger partial charge is 0.394 e. The van der Waals surface area contributed by atoms with Gasteiger partial charge < -0.3 is 24.6 Å². The minimum absolute atomic E-state index is 0.0116. The van der Waals surface area contributed by atoms with Crippen molar-refractivity contribution < 1.29 is 24.0 Å². The number of nitrogens with one attached hydrogen (secondary N) is 1. The second-order valence-electron chi connectivity index (χ2n) is 8.24.